The molecule has 0 radical (unpaired) electrons. The highest BCUT2D eigenvalue weighted by Gasteiger charge is 2.15. The normalized spacial score (nSPS) is 10.1. The second kappa shape index (κ2) is 11.2. The number of hydrogen-bond acceptors (Lipinski definition) is 5. The van der Waals surface area contributed by atoms with Crippen LogP contribution in [0.1, 0.15) is 28.2 Å². The van der Waals surface area contributed by atoms with Crippen LogP contribution in [0, 0.1) is 11.3 Å². The van der Waals surface area contributed by atoms with Gasteiger partial charge in [-0.15, -0.1) is 0 Å². The van der Waals surface area contributed by atoms with E-state index in [2.05, 4.69) is 44.3 Å². The van der Waals surface area contributed by atoms with Crippen molar-refractivity contribution in [3.63, 3.8) is 0 Å². The zero-order valence-corrected chi connectivity index (χ0v) is 19.3. The van der Waals surface area contributed by atoms with E-state index in [1.165, 1.54) is 5.56 Å². The maximum atomic E-state index is 12.3. The summed E-state index contributed by atoms with van der Waals surface area (Å²) in [5.74, 6) is -0.144. The molecule has 4 rings (SSSR count). The van der Waals surface area contributed by atoms with Crippen LogP contribution >= 0.6 is 0 Å². The summed E-state index contributed by atoms with van der Waals surface area (Å²) in [6.07, 6.45) is 5.66. The Labute approximate surface area is 202 Å². The third-order valence-electron chi connectivity index (χ3n) is 4.77. The number of aromatic nitrogens is 3. The van der Waals surface area contributed by atoms with Crippen LogP contribution in [0.3, 0.4) is 0 Å². The largest absolute Gasteiger partial charge is 1.00 e. The van der Waals surface area contributed by atoms with E-state index in [1.54, 1.807) is 24.3 Å². The van der Waals surface area contributed by atoms with Crippen LogP contribution in [0.2, 0.25) is 0 Å². The fourth-order valence-corrected chi connectivity index (χ4v) is 3.10. The van der Waals surface area contributed by atoms with Crippen LogP contribution in [0.4, 0.5) is 0 Å². The number of aryl methyl sites for hydroxylation is 1. The van der Waals surface area contributed by atoms with Gasteiger partial charge in [-0.25, -0.2) is 0 Å². The molecule has 160 valence electrons. The topological polar surface area (TPSA) is 95.7 Å². The van der Waals surface area contributed by atoms with Crippen molar-refractivity contribution >= 4 is 5.91 Å². The molecule has 0 bridgehead atoms. The summed E-state index contributed by atoms with van der Waals surface area (Å²) in [5.41, 5.74) is 3.50. The van der Waals surface area contributed by atoms with Crippen molar-refractivity contribution in [1.82, 2.24) is 15.5 Å². The average Bonchev–Trinajstić information content (AvgIpc) is 3.33. The van der Waals surface area contributed by atoms with Gasteiger partial charge in [0.05, 0.1) is 11.6 Å². The maximum absolute atomic E-state index is 12.3. The highest BCUT2D eigenvalue weighted by atomic mass is 127. The molecule has 8 heteroatoms. The predicted octanol–water partition coefficient (Wildman–Crippen LogP) is 0.252. The minimum Gasteiger partial charge on any atom is -1.00 e. The quantitative estimate of drug-likeness (QED) is 0.207. The Hall–Kier alpha value is -3.58. The van der Waals surface area contributed by atoms with Crippen molar-refractivity contribution in [2.45, 2.75) is 12.8 Å². The van der Waals surface area contributed by atoms with E-state index in [0.717, 1.165) is 18.5 Å². The van der Waals surface area contributed by atoms with E-state index in [4.69, 9.17) is 9.78 Å². The van der Waals surface area contributed by atoms with E-state index in [0.29, 0.717) is 17.7 Å². The number of rotatable bonds is 7. The smallest absolute Gasteiger partial charge is 0.292 e. The summed E-state index contributed by atoms with van der Waals surface area (Å²) in [5, 5.41) is 15.4. The maximum Gasteiger partial charge on any atom is 0.292 e. The molecule has 0 spiro atoms. The molecule has 2 heterocycles. The van der Waals surface area contributed by atoms with E-state index in [-0.39, 0.29) is 41.6 Å². The summed E-state index contributed by atoms with van der Waals surface area (Å²) >= 11 is 0. The molecular formula is C24H20IN5O2. The van der Waals surface area contributed by atoms with E-state index in [9.17, 15) is 4.79 Å². The van der Waals surface area contributed by atoms with Crippen molar-refractivity contribution in [3.8, 4) is 23.2 Å². The molecule has 7 nitrogen and oxygen atoms in total. The second-order valence-electron chi connectivity index (χ2n) is 6.92. The van der Waals surface area contributed by atoms with Crippen LogP contribution in [-0.4, -0.2) is 22.6 Å². The lowest BCUT2D eigenvalue weighted by Crippen LogP contribution is -3.00. The molecular weight excluding hydrogens is 517 g/mol. The van der Waals surface area contributed by atoms with Crippen molar-refractivity contribution < 1.29 is 37.9 Å². The number of nitrogens with one attached hydrogen (secondary N) is 1. The number of carbonyl (C=O) groups excluding carboxylic acids is 1. The highest BCUT2D eigenvalue weighted by molar-refractivity contribution is 5.90. The lowest BCUT2D eigenvalue weighted by molar-refractivity contribution is -0.595. The lowest BCUT2D eigenvalue weighted by Gasteiger charge is -2.03. The minimum absolute atomic E-state index is 0. The van der Waals surface area contributed by atoms with Gasteiger partial charge in [0, 0.05) is 36.4 Å². The Morgan fingerprint density at radius 3 is 2.44 bits per heavy atom. The molecule has 0 aliphatic heterocycles. The van der Waals surface area contributed by atoms with Gasteiger partial charge in [0.2, 0.25) is 5.69 Å². The van der Waals surface area contributed by atoms with E-state index in [1.807, 2.05) is 36.7 Å². The van der Waals surface area contributed by atoms with Crippen molar-refractivity contribution in [3.05, 3.63) is 96.1 Å². The van der Waals surface area contributed by atoms with Crippen LogP contribution in [-0.2, 0) is 6.42 Å². The summed E-state index contributed by atoms with van der Waals surface area (Å²) in [6, 6.07) is 23.1. The van der Waals surface area contributed by atoms with Gasteiger partial charge in [-0.2, -0.15) is 14.8 Å². The molecule has 2 aromatic heterocycles. The van der Waals surface area contributed by atoms with E-state index >= 15 is 0 Å². The Kier molecular flexibility index (Phi) is 8.05. The Morgan fingerprint density at radius 1 is 1.03 bits per heavy atom. The summed E-state index contributed by atoms with van der Waals surface area (Å²) < 4.78 is 7.22. The van der Waals surface area contributed by atoms with Gasteiger partial charge in [-0.3, -0.25) is 4.79 Å². The van der Waals surface area contributed by atoms with Crippen molar-refractivity contribution in [2.75, 3.05) is 6.54 Å². The molecule has 1 amide bonds. The van der Waals surface area contributed by atoms with Gasteiger partial charge < -0.3 is 33.8 Å². The van der Waals surface area contributed by atoms with Crippen molar-refractivity contribution in [2.24, 2.45) is 0 Å². The Bertz CT molecular complexity index is 1200. The van der Waals surface area contributed by atoms with Crippen LogP contribution in [0.15, 0.2) is 83.6 Å². The molecule has 1 N–H and O–H groups in total. The third kappa shape index (κ3) is 5.76. The zero-order chi connectivity index (χ0) is 21.5. The first-order valence-corrected chi connectivity index (χ1v) is 9.91. The number of hydrogen-bond donors (Lipinski definition) is 1. The number of carbonyl (C=O) groups is 1. The first kappa shape index (κ1) is 23.1. The van der Waals surface area contributed by atoms with E-state index < -0.39 is 0 Å². The average molecular weight is 537 g/mol. The van der Waals surface area contributed by atoms with Gasteiger partial charge in [0.1, 0.15) is 0 Å². The van der Waals surface area contributed by atoms with Crippen LogP contribution in [0.25, 0.3) is 17.1 Å². The molecule has 2 aromatic carbocycles. The molecule has 0 aliphatic rings. The molecule has 0 unspecified atom stereocenters. The minimum atomic E-state index is -0.375. The first-order valence-electron chi connectivity index (χ1n) is 9.91. The third-order valence-corrected chi connectivity index (χ3v) is 4.77. The number of pyridine rings is 1. The van der Waals surface area contributed by atoms with Gasteiger partial charge in [0.15, 0.2) is 12.4 Å². The van der Waals surface area contributed by atoms with Gasteiger partial charge in [-0.05, 0) is 42.7 Å². The van der Waals surface area contributed by atoms with Crippen LogP contribution in [0.5, 0.6) is 0 Å². The first-order chi connectivity index (χ1) is 15.2. The summed E-state index contributed by atoms with van der Waals surface area (Å²) in [4.78, 5) is 16.4. The number of nitriles is 1. The molecule has 0 fully saturated rings. The fraction of sp³-hybridized carbons (Fsp3) is 0.125. The fourth-order valence-electron chi connectivity index (χ4n) is 3.10. The molecule has 32 heavy (non-hydrogen) atoms. The molecule has 0 saturated heterocycles. The molecule has 0 aliphatic carbocycles. The highest BCUT2D eigenvalue weighted by Crippen LogP contribution is 2.17. The van der Waals surface area contributed by atoms with Crippen LogP contribution < -0.4 is 33.9 Å². The summed E-state index contributed by atoms with van der Waals surface area (Å²) in [6.45, 7) is 0.509. The van der Waals surface area contributed by atoms with Gasteiger partial charge in [0.25, 0.3) is 17.6 Å². The molecule has 0 atom stereocenters. The SMILES string of the molecule is N#Cc1ccc(-c2nc(C(=O)NCCCc3ccc(-[n+]4ccccc4)cc3)no2)cc1.[I-]. The monoisotopic (exact) mass is 537 g/mol. The number of benzene rings is 2. The summed E-state index contributed by atoms with van der Waals surface area (Å²) in [7, 11) is 0. The van der Waals surface area contributed by atoms with Crippen molar-refractivity contribution in [1.29, 1.82) is 5.26 Å². The number of nitrogens with zero attached hydrogens (tertiary/aromatic N) is 4. The predicted molar refractivity (Wildman–Crippen MR) is 113 cm³/mol. The zero-order valence-electron chi connectivity index (χ0n) is 17.1. The van der Waals surface area contributed by atoms with Gasteiger partial charge >= 0.3 is 0 Å². The molecule has 4 aromatic rings. The standard InChI is InChI=1S/C24H19N5O2.HI/c25-17-19-6-10-20(11-7-19)24-27-22(28-31-24)23(30)26-14-4-5-18-8-12-21(13-9-18)29-15-2-1-3-16-29;/h1-3,6-13,15-16H,4-5,14H2;1H. The number of amides is 1. The van der Waals surface area contributed by atoms with Gasteiger partial charge in [-0.1, -0.05) is 23.4 Å². The number of halogens is 1. The second-order valence-corrected chi connectivity index (χ2v) is 6.92. The molecule has 0 saturated carbocycles. The Balaban J connectivity index is 0.00000289. The lowest BCUT2D eigenvalue weighted by atomic mass is 10.1. The Morgan fingerprint density at radius 2 is 1.75 bits per heavy atom.